The number of carbonyl (C=O) groups excluding carboxylic acids is 1. The number of benzene rings is 4. The minimum absolute atomic E-state index is 0.163. The molecule has 6 rings (SSSR count). The molecule has 1 aromatic heterocycles. The van der Waals surface area contributed by atoms with E-state index in [1.54, 1.807) is 18.9 Å². The molecule has 0 N–H and O–H groups in total. The molecule has 0 saturated heterocycles. The lowest BCUT2D eigenvalue weighted by Crippen LogP contribution is -2.21. The lowest BCUT2D eigenvalue weighted by Gasteiger charge is -2.11. The number of methoxy groups -OCH3 is 1. The van der Waals surface area contributed by atoms with Gasteiger partial charge in [-0.1, -0.05) is 54.1 Å². The molecule has 6 nitrogen and oxygen atoms in total. The number of rotatable bonds is 8. The first-order chi connectivity index (χ1) is 20.1. The Morgan fingerprint density at radius 1 is 0.829 bits per heavy atom. The van der Waals surface area contributed by atoms with E-state index in [1.165, 1.54) is 10.6 Å². The zero-order chi connectivity index (χ0) is 28.2. The van der Waals surface area contributed by atoms with Crippen LogP contribution in [0.25, 0.3) is 23.0 Å². The molecule has 1 aliphatic heterocycles. The van der Waals surface area contributed by atoms with Crippen LogP contribution in [0.15, 0.2) is 131 Å². The van der Waals surface area contributed by atoms with Crippen LogP contribution < -0.4 is 9.75 Å². The zero-order valence-corrected chi connectivity index (χ0v) is 23.6. The average molecular weight is 557 g/mol. The molecule has 2 heterocycles. The predicted octanol–water partition coefficient (Wildman–Crippen LogP) is 7.43. The fourth-order valence-corrected chi connectivity index (χ4v) is 5.42. The summed E-state index contributed by atoms with van der Waals surface area (Å²) in [5.41, 5.74) is 6.65. The minimum Gasteiger partial charge on any atom is -0.497 e. The van der Waals surface area contributed by atoms with Crippen molar-refractivity contribution >= 4 is 35.1 Å². The van der Waals surface area contributed by atoms with Gasteiger partial charge in [0.15, 0.2) is 0 Å². The fourth-order valence-electron chi connectivity index (χ4n) is 4.57. The van der Waals surface area contributed by atoms with Gasteiger partial charge in [0.1, 0.15) is 5.75 Å². The maximum Gasteiger partial charge on any atom is 0.280 e. The number of hydrogen-bond donors (Lipinski definition) is 0. The highest BCUT2D eigenvalue weighted by Crippen LogP contribution is 2.32. The SMILES string of the molecule is COc1ccc(-c2nn(-c3ccccc3)cc2/C=C2\C(=O)N(c3ccccc3)N=C2CSc2ccc(C)cc2)cc1. The summed E-state index contributed by atoms with van der Waals surface area (Å²) in [6.45, 7) is 2.07. The Morgan fingerprint density at radius 3 is 2.15 bits per heavy atom. The molecule has 4 aromatic carbocycles. The topological polar surface area (TPSA) is 59.7 Å². The Morgan fingerprint density at radius 2 is 1.49 bits per heavy atom. The van der Waals surface area contributed by atoms with E-state index in [-0.39, 0.29) is 5.91 Å². The monoisotopic (exact) mass is 556 g/mol. The molecule has 5 aromatic rings. The van der Waals surface area contributed by atoms with Crippen molar-refractivity contribution in [1.82, 2.24) is 9.78 Å². The highest BCUT2D eigenvalue weighted by Gasteiger charge is 2.31. The van der Waals surface area contributed by atoms with E-state index in [2.05, 4.69) is 31.2 Å². The maximum atomic E-state index is 13.9. The van der Waals surface area contributed by atoms with E-state index in [0.717, 1.165) is 44.6 Å². The lowest BCUT2D eigenvalue weighted by molar-refractivity contribution is -0.114. The first-order valence-corrected chi connectivity index (χ1v) is 14.3. The van der Waals surface area contributed by atoms with E-state index in [4.69, 9.17) is 14.9 Å². The predicted molar refractivity (Wildman–Crippen MR) is 167 cm³/mol. The van der Waals surface area contributed by atoms with E-state index in [9.17, 15) is 4.79 Å². The maximum absolute atomic E-state index is 13.9. The smallest absolute Gasteiger partial charge is 0.280 e. The van der Waals surface area contributed by atoms with Crippen molar-refractivity contribution in [2.75, 3.05) is 17.9 Å². The Hall–Kier alpha value is -4.88. The van der Waals surface area contributed by atoms with Gasteiger partial charge in [-0.15, -0.1) is 11.8 Å². The van der Waals surface area contributed by atoms with Crippen LogP contribution in [-0.2, 0) is 4.79 Å². The molecule has 0 aliphatic carbocycles. The van der Waals surface area contributed by atoms with Gasteiger partial charge < -0.3 is 4.74 Å². The molecule has 7 heteroatoms. The number of carbonyl (C=O) groups is 1. The minimum atomic E-state index is -0.163. The van der Waals surface area contributed by atoms with Crippen LogP contribution in [0.1, 0.15) is 11.1 Å². The molecule has 0 unspecified atom stereocenters. The number of nitrogens with zero attached hydrogens (tertiary/aromatic N) is 4. The molecule has 41 heavy (non-hydrogen) atoms. The summed E-state index contributed by atoms with van der Waals surface area (Å²) in [6.07, 6.45) is 3.89. The first kappa shape index (κ1) is 26.3. The summed E-state index contributed by atoms with van der Waals surface area (Å²) in [4.78, 5) is 15.0. The molecule has 0 saturated carbocycles. The summed E-state index contributed by atoms with van der Waals surface area (Å²) >= 11 is 1.66. The largest absolute Gasteiger partial charge is 0.497 e. The molecule has 1 amide bonds. The highest BCUT2D eigenvalue weighted by molar-refractivity contribution is 8.00. The van der Waals surface area contributed by atoms with Gasteiger partial charge in [-0.05, 0) is 73.7 Å². The quantitative estimate of drug-likeness (QED) is 0.147. The van der Waals surface area contributed by atoms with E-state index < -0.39 is 0 Å². The van der Waals surface area contributed by atoms with Gasteiger partial charge in [0.2, 0.25) is 0 Å². The van der Waals surface area contributed by atoms with Crippen LogP contribution in [0, 0.1) is 6.92 Å². The van der Waals surface area contributed by atoms with Crippen molar-refractivity contribution < 1.29 is 9.53 Å². The molecule has 0 fully saturated rings. The Kier molecular flexibility index (Phi) is 7.52. The second-order valence-corrected chi connectivity index (χ2v) is 10.6. The van der Waals surface area contributed by atoms with Crippen molar-refractivity contribution in [2.24, 2.45) is 5.10 Å². The van der Waals surface area contributed by atoms with Gasteiger partial charge in [-0.25, -0.2) is 4.68 Å². The number of para-hydroxylation sites is 2. The molecular weight excluding hydrogens is 528 g/mol. The number of hydrogen-bond acceptors (Lipinski definition) is 5. The molecule has 0 spiro atoms. The van der Waals surface area contributed by atoms with Gasteiger partial charge in [0.05, 0.1) is 35.5 Å². The van der Waals surface area contributed by atoms with E-state index in [0.29, 0.717) is 11.3 Å². The summed E-state index contributed by atoms with van der Waals surface area (Å²) in [5, 5.41) is 11.2. The van der Waals surface area contributed by atoms with Crippen LogP contribution in [0.5, 0.6) is 5.75 Å². The van der Waals surface area contributed by atoms with Crippen molar-refractivity contribution in [2.45, 2.75) is 11.8 Å². The Labute approximate surface area is 243 Å². The molecule has 0 radical (unpaired) electrons. The van der Waals surface area contributed by atoms with Crippen LogP contribution in [0.4, 0.5) is 5.69 Å². The number of ether oxygens (including phenoxy) is 1. The van der Waals surface area contributed by atoms with Gasteiger partial charge in [-0.2, -0.15) is 15.2 Å². The zero-order valence-electron chi connectivity index (χ0n) is 22.8. The van der Waals surface area contributed by atoms with Gasteiger partial charge in [0.25, 0.3) is 5.91 Å². The number of amides is 1. The number of thioether (sulfide) groups is 1. The number of aromatic nitrogens is 2. The molecule has 0 bridgehead atoms. The third kappa shape index (κ3) is 5.71. The summed E-state index contributed by atoms with van der Waals surface area (Å²) < 4.78 is 7.21. The number of hydrazone groups is 1. The standard InChI is InChI=1S/C34H28N4O2S/c1-24-13-19-30(20-14-24)41-23-32-31(34(39)38(35-32)28-11-7-4-8-12-28)21-26-22-37(27-9-5-3-6-10-27)36-33(26)25-15-17-29(40-2)18-16-25/h3-22H,23H2,1-2H3/b31-21-. The average Bonchev–Trinajstić information content (AvgIpc) is 3.59. The summed E-state index contributed by atoms with van der Waals surface area (Å²) in [6, 6.07) is 35.6. The summed E-state index contributed by atoms with van der Waals surface area (Å²) in [5.74, 6) is 1.15. The molecule has 1 aliphatic rings. The number of aryl methyl sites for hydroxylation is 1. The van der Waals surface area contributed by atoms with E-state index >= 15 is 0 Å². The van der Waals surface area contributed by atoms with Gasteiger partial charge in [0, 0.05) is 28.0 Å². The van der Waals surface area contributed by atoms with E-state index in [1.807, 2.05) is 102 Å². The number of anilines is 1. The first-order valence-electron chi connectivity index (χ1n) is 13.3. The van der Waals surface area contributed by atoms with Crippen molar-refractivity contribution in [1.29, 1.82) is 0 Å². The third-order valence-corrected chi connectivity index (χ3v) is 7.80. The van der Waals surface area contributed by atoms with Crippen molar-refractivity contribution in [3.8, 4) is 22.7 Å². The second-order valence-electron chi connectivity index (χ2n) is 9.60. The molecule has 202 valence electrons. The molecule has 0 atom stereocenters. The van der Waals surface area contributed by atoms with Crippen LogP contribution in [0.2, 0.25) is 0 Å². The highest BCUT2D eigenvalue weighted by atomic mass is 32.2. The molecular formula is C34H28N4O2S. The van der Waals surface area contributed by atoms with Crippen molar-refractivity contribution in [3.05, 3.63) is 132 Å². The van der Waals surface area contributed by atoms with Gasteiger partial charge in [-0.3, -0.25) is 4.79 Å². The second kappa shape index (κ2) is 11.7. The lowest BCUT2D eigenvalue weighted by atomic mass is 10.0. The summed E-state index contributed by atoms with van der Waals surface area (Å²) in [7, 11) is 1.65. The van der Waals surface area contributed by atoms with Crippen LogP contribution >= 0.6 is 11.8 Å². The third-order valence-electron chi connectivity index (χ3n) is 6.78. The van der Waals surface area contributed by atoms with Crippen LogP contribution in [0.3, 0.4) is 0 Å². The Bertz CT molecular complexity index is 1730. The normalized spacial score (nSPS) is 14.0. The Balaban J connectivity index is 1.43. The van der Waals surface area contributed by atoms with Gasteiger partial charge >= 0.3 is 0 Å². The fraction of sp³-hybridized carbons (Fsp3) is 0.0882. The van der Waals surface area contributed by atoms with Crippen molar-refractivity contribution in [3.63, 3.8) is 0 Å². The van der Waals surface area contributed by atoms with Crippen LogP contribution in [-0.4, -0.2) is 34.3 Å².